The van der Waals surface area contributed by atoms with Crippen LogP contribution in [0.4, 0.5) is 17.1 Å². The van der Waals surface area contributed by atoms with Crippen LogP contribution in [0.25, 0.3) is 0 Å². The largest absolute Gasteiger partial charge is 0.495 e. The third kappa shape index (κ3) is 6.10. The maximum absolute atomic E-state index is 12.7. The molecule has 2 rings (SSSR count). The van der Waals surface area contributed by atoms with E-state index in [0.29, 0.717) is 17.1 Å². The van der Waals surface area contributed by atoms with E-state index in [2.05, 4.69) is 15.4 Å². The number of amides is 2. The van der Waals surface area contributed by atoms with Crippen LogP contribution in [0.3, 0.4) is 0 Å². The van der Waals surface area contributed by atoms with E-state index in [1.54, 1.807) is 26.0 Å². The summed E-state index contributed by atoms with van der Waals surface area (Å²) in [6, 6.07) is 10.2. The lowest BCUT2D eigenvalue weighted by Crippen LogP contribution is -2.31. The molecule has 0 atom stereocenters. The normalized spacial score (nSPS) is 11.5. The monoisotopic (exact) mass is 439 g/mol. The maximum Gasteiger partial charge on any atom is 0.261 e. The van der Waals surface area contributed by atoms with E-state index in [9.17, 15) is 18.0 Å². The number of alkyl halides is 1. The van der Waals surface area contributed by atoms with Crippen LogP contribution in [0.15, 0.2) is 47.4 Å². The molecule has 0 aliphatic carbocycles. The van der Waals surface area contributed by atoms with Crippen LogP contribution in [0.2, 0.25) is 0 Å². The summed E-state index contributed by atoms with van der Waals surface area (Å²) in [5.41, 5.74) is 1.01. The van der Waals surface area contributed by atoms with Crippen LogP contribution in [-0.4, -0.2) is 32.2 Å². The van der Waals surface area contributed by atoms with Gasteiger partial charge in [-0.05, 0) is 56.3 Å². The number of benzene rings is 2. The highest BCUT2D eigenvalue weighted by Gasteiger charge is 2.24. The van der Waals surface area contributed by atoms with Crippen molar-refractivity contribution in [3.05, 3.63) is 42.5 Å². The first-order valence-electron chi connectivity index (χ1n) is 8.51. The van der Waals surface area contributed by atoms with Gasteiger partial charge in [0.2, 0.25) is 11.8 Å². The average Bonchev–Trinajstić information content (AvgIpc) is 2.61. The van der Waals surface area contributed by atoms with Crippen molar-refractivity contribution in [3.8, 4) is 5.75 Å². The van der Waals surface area contributed by atoms with Gasteiger partial charge in [0.1, 0.15) is 10.6 Å². The molecule has 0 saturated heterocycles. The summed E-state index contributed by atoms with van der Waals surface area (Å²) in [4.78, 5) is 22.1. The van der Waals surface area contributed by atoms with E-state index in [0.717, 1.165) is 0 Å². The molecule has 2 amide bonds. The minimum Gasteiger partial charge on any atom is -0.495 e. The molecule has 156 valence electrons. The molecular formula is C19H22ClN3O5S. The molecule has 2 aromatic rings. The van der Waals surface area contributed by atoms with Gasteiger partial charge in [-0.15, -0.1) is 11.6 Å². The van der Waals surface area contributed by atoms with Crippen molar-refractivity contribution in [1.82, 2.24) is 0 Å². The lowest BCUT2D eigenvalue weighted by molar-refractivity contribution is -0.118. The Kier molecular flexibility index (Phi) is 6.76. The predicted molar refractivity (Wildman–Crippen MR) is 113 cm³/mol. The Morgan fingerprint density at radius 2 is 1.59 bits per heavy atom. The molecular weight excluding hydrogens is 418 g/mol. The van der Waals surface area contributed by atoms with E-state index in [1.165, 1.54) is 44.4 Å². The fourth-order valence-corrected chi connectivity index (χ4v) is 3.39. The SMILES string of the molecule is COc1ccc(S(=O)(=O)Nc2ccc(NC(=O)C(C)(C)Cl)cc2)cc1NC(C)=O. The van der Waals surface area contributed by atoms with Crippen LogP contribution in [0.5, 0.6) is 5.75 Å². The first-order chi connectivity index (χ1) is 13.4. The highest BCUT2D eigenvalue weighted by Crippen LogP contribution is 2.28. The van der Waals surface area contributed by atoms with Crippen LogP contribution < -0.4 is 20.1 Å². The van der Waals surface area contributed by atoms with E-state index < -0.39 is 14.9 Å². The van der Waals surface area contributed by atoms with Crippen molar-refractivity contribution in [2.24, 2.45) is 0 Å². The Morgan fingerprint density at radius 3 is 2.10 bits per heavy atom. The predicted octanol–water partition coefficient (Wildman–Crippen LogP) is 3.41. The highest BCUT2D eigenvalue weighted by molar-refractivity contribution is 7.92. The quantitative estimate of drug-likeness (QED) is 0.572. The fraction of sp³-hybridized carbons (Fsp3) is 0.263. The smallest absolute Gasteiger partial charge is 0.261 e. The Balaban J connectivity index is 2.21. The molecule has 0 unspecified atom stereocenters. The molecule has 0 spiro atoms. The van der Waals surface area contributed by atoms with E-state index in [-0.39, 0.29) is 22.4 Å². The van der Waals surface area contributed by atoms with Crippen molar-refractivity contribution in [1.29, 1.82) is 0 Å². The van der Waals surface area contributed by atoms with Gasteiger partial charge in [0.05, 0.1) is 17.7 Å². The molecule has 0 radical (unpaired) electrons. The number of anilines is 3. The molecule has 0 aliphatic rings. The summed E-state index contributed by atoms with van der Waals surface area (Å²) >= 11 is 5.95. The van der Waals surface area contributed by atoms with E-state index in [4.69, 9.17) is 16.3 Å². The Labute approximate surface area is 174 Å². The molecule has 0 aromatic heterocycles. The third-order valence-corrected chi connectivity index (χ3v) is 5.28. The van der Waals surface area contributed by atoms with Crippen LogP contribution in [0.1, 0.15) is 20.8 Å². The molecule has 0 fully saturated rings. The van der Waals surface area contributed by atoms with Crippen molar-refractivity contribution >= 4 is 50.5 Å². The Bertz CT molecular complexity index is 1020. The maximum atomic E-state index is 12.7. The summed E-state index contributed by atoms with van der Waals surface area (Å²) in [6.45, 7) is 4.44. The van der Waals surface area contributed by atoms with Gasteiger partial charge >= 0.3 is 0 Å². The van der Waals surface area contributed by atoms with Gasteiger partial charge in [0, 0.05) is 18.3 Å². The number of hydrogen-bond donors (Lipinski definition) is 3. The minimum absolute atomic E-state index is 0.0525. The van der Waals surface area contributed by atoms with Gasteiger partial charge in [-0.2, -0.15) is 0 Å². The number of hydrogen-bond acceptors (Lipinski definition) is 5. The standard InChI is InChI=1S/C19H22ClN3O5S/c1-12(24)21-16-11-15(9-10-17(16)28-4)29(26,27)23-14-7-5-13(6-8-14)22-18(25)19(2,3)20/h5-11,23H,1-4H3,(H,21,24)(H,22,25). The van der Waals surface area contributed by atoms with Gasteiger partial charge in [-0.1, -0.05) is 0 Å². The lowest BCUT2D eigenvalue weighted by atomic mass is 10.2. The molecule has 10 heteroatoms. The molecule has 29 heavy (non-hydrogen) atoms. The lowest BCUT2D eigenvalue weighted by Gasteiger charge is -2.16. The van der Waals surface area contributed by atoms with Crippen LogP contribution in [-0.2, 0) is 19.6 Å². The van der Waals surface area contributed by atoms with Gasteiger partial charge in [-0.25, -0.2) is 8.42 Å². The summed E-state index contributed by atoms with van der Waals surface area (Å²) in [5, 5.41) is 5.17. The second kappa shape index (κ2) is 8.71. The second-order valence-electron chi connectivity index (χ2n) is 6.65. The van der Waals surface area contributed by atoms with Crippen molar-refractivity contribution in [3.63, 3.8) is 0 Å². The Hall–Kier alpha value is -2.78. The third-order valence-electron chi connectivity index (χ3n) is 3.73. The molecule has 3 N–H and O–H groups in total. The van der Waals surface area contributed by atoms with Crippen LogP contribution >= 0.6 is 11.6 Å². The zero-order valence-electron chi connectivity index (χ0n) is 16.4. The summed E-state index contributed by atoms with van der Waals surface area (Å²) < 4.78 is 32.9. The number of carbonyl (C=O) groups is 2. The highest BCUT2D eigenvalue weighted by atomic mass is 35.5. The molecule has 0 aliphatic heterocycles. The van der Waals surface area contributed by atoms with Gasteiger partial charge in [0.15, 0.2) is 0 Å². The van der Waals surface area contributed by atoms with Crippen LogP contribution in [0, 0.1) is 0 Å². The fourth-order valence-electron chi connectivity index (χ4n) is 2.26. The summed E-state index contributed by atoms with van der Waals surface area (Å²) in [7, 11) is -2.51. The second-order valence-corrected chi connectivity index (χ2v) is 9.28. The van der Waals surface area contributed by atoms with Gasteiger partial charge in [0.25, 0.3) is 10.0 Å². The minimum atomic E-state index is -3.92. The van der Waals surface area contributed by atoms with Crippen molar-refractivity contribution in [2.75, 3.05) is 22.5 Å². The van der Waals surface area contributed by atoms with E-state index >= 15 is 0 Å². The number of halogens is 1. The molecule has 2 aromatic carbocycles. The molecule has 0 saturated carbocycles. The number of carbonyl (C=O) groups excluding carboxylic acids is 2. The zero-order valence-corrected chi connectivity index (χ0v) is 17.9. The first kappa shape index (κ1) is 22.5. The number of ether oxygens (including phenoxy) is 1. The number of methoxy groups -OCH3 is 1. The first-order valence-corrected chi connectivity index (χ1v) is 10.4. The topological polar surface area (TPSA) is 114 Å². The number of nitrogens with one attached hydrogen (secondary N) is 3. The van der Waals surface area contributed by atoms with Crippen molar-refractivity contribution in [2.45, 2.75) is 30.5 Å². The molecule has 0 bridgehead atoms. The summed E-state index contributed by atoms with van der Waals surface area (Å²) in [5.74, 6) is -0.402. The number of sulfonamides is 1. The van der Waals surface area contributed by atoms with Crippen molar-refractivity contribution < 1.29 is 22.7 Å². The zero-order chi connectivity index (χ0) is 21.8. The van der Waals surface area contributed by atoms with Gasteiger partial charge < -0.3 is 15.4 Å². The number of rotatable bonds is 7. The van der Waals surface area contributed by atoms with Gasteiger partial charge in [-0.3, -0.25) is 14.3 Å². The van der Waals surface area contributed by atoms with E-state index in [1.807, 2.05) is 0 Å². The molecule has 0 heterocycles. The Morgan fingerprint density at radius 1 is 1.00 bits per heavy atom. The molecule has 8 nitrogen and oxygen atoms in total. The average molecular weight is 440 g/mol. The summed E-state index contributed by atoms with van der Waals surface area (Å²) in [6.07, 6.45) is 0.